The van der Waals surface area contributed by atoms with E-state index in [9.17, 15) is 0 Å². The molecule has 2 rings (SSSR count). The fraction of sp³-hybridized carbons (Fsp3) is 0.333. The molecule has 3 heteroatoms. The maximum absolute atomic E-state index is 3.76. The third kappa shape index (κ3) is 2.71. The fourth-order valence-corrected chi connectivity index (χ4v) is 2.71. The van der Waals surface area contributed by atoms with E-state index in [0.29, 0.717) is 6.04 Å². The zero-order chi connectivity index (χ0) is 9.97. The highest BCUT2D eigenvalue weighted by atomic mass is 79.9. The minimum Gasteiger partial charge on any atom is -0.231 e. The molecule has 1 atom stereocenters. The molecule has 0 heterocycles. The van der Waals surface area contributed by atoms with E-state index < -0.39 is 0 Å². The number of benzene rings is 1. The van der Waals surface area contributed by atoms with Crippen molar-refractivity contribution in [2.24, 2.45) is 0 Å². The molecule has 1 aliphatic carbocycles. The molecule has 82 valence electrons. The molecule has 0 radical (unpaired) electrons. The Morgan fingerprint density at radius 1 is 1.47 bits per heavy atom. The number of aryl methyl sites for hydroxylation is 1. The topological polar surface area (TPSA) is 3.24 Å². The van der Waals surface area contributed by atoms with Crippen LogP contribution in [0.1, 0.15) is 23.6 Å². The lowest BCUT2D eigenvalue weighted by Crippen LogP contribution is -2.16. The summed E-state index contributed by atoms with van der Waals surface area (Å²) >= 11 is 3.60. The summed E-state index contributed by atoms with van der Waals surface area (Å²) in [5, 5.41) is 0. The maximum Gasteiger partial charge on any atom is 0.0464 e. The molecule has 0 N–H and O–H groups in total. The largest absolute Gasteiger partial charge is 0.231 e. The summed E-state index contributed by atoms with van der Waals surface area (Å²) < 4.78 is 2.19. The average Bonchev–Trinajstić information content (AvgIpc) is 2.61. The second-order valence-electron chi connectivity index (χ2n) is 3.62. The first kappa shape index (κ1) is 12.9. The third-order valence-corrected chi connectivity index (χ3v) is 3.53. The van der Waals surface area contributed by atoms with Gasteiger partial charge in [0.25, 0.3) is 0 Å². The Balaban J connectivity index is 0.00000112. The van der Waals surface area contributed by atoms with E-state index in [-0.39, 0.29) is 17.0 Å². The lowest BCUT2D eigenvalue weighted by molar-refractivity contribution is 0.402. The summed E-state index contributed by atoms with van der Waals surface area (Å²) in [6, 6.07) is 9.21. The third-order valence-electron chi connectivity index (χ3n) is 2.74. The second-order valence-corrected chi connectivity index (χ2v) is 4.54. The molecule has 1 aromatic carbocycles. The van der Waals surface area contributed by atoms with Gasteiger partial charge in [0.2, 0.25) is 0 Å². The summed E-state index contributed by atoms with van der Waals surface area (Å²) in [5.74, 6) is 0. The minimum absolute atomic E-state index is 0. The Labute approximate surface area is 110 Å². The normalized spacial score (nSPS) is 18.4. The van der Waals surface area contributed by atoms with Gasteiger partial charge in [-0.25, -0.2) is 3.93 Å². The highest BCUT2D eigenvalue weighted by Crippen LogP contribution is 2.36. The number of hydrogen-bond donors (Lipinski definition) is 0. The van der Waals surface area contributed by atoms with E-state index in [2.05, 4.69) is 50.9 Å². The maximum atomic E-state index is 3.76. The second kappa shape index (κ2) is 5.83. The number of nitrogens with zero attached hydrogens (tertiary/aromatic N) is 1. The summed E-state index contributed by atoms with van der Waals surface area (Å²) in [6.07, 6.45) is 4.33. The number of hydrogen-bond acceptors (Lipinski definition) is 1. The van der Waals surface area contributed by atoms with Gasteiger partial charge in [-0.3, -0.25) is 0 Å². The van der Waals surface area contributed by atoms with Crippen LogP contribution in [0.2, 0.25) is 0 Å². The van der Waals surface area contributed by atoms with Gasteiger partial charge in [0.05, 0.1) is 0 Å². The summed E-state index contributed by atoms with van der Waals surface area (Å²) in [4.78, 5) is 0. The van der Waals surface area contributed by atoms with Crippen LogP contribution in [0.15, 0.2) is 36.9 Å². The van der Waals surface area contributed by atoms with Crippen LogP contribution in [0.4, 0.5) is 0 Å². The smallest absolute Gasteiger partial charge is 0.0464 e. The van der Waals surface area contributed by atoms with Crippen LogP contribution in [-0.4, -0.2) is 10.5 Å². The van der Waals surface area contributed by atoms with Gasteiger partial charge in [-0.05, 0) is 24.0 Å². The van der Waals surface area contributed by atoms with E-state index >= 15 is 0 Å². The van der Waals surface area contributed by atoms with Crippen LogP contribution in [-0.2, 0) is 6.42 Å². The van der Waals surface area contributed by atoms with Crippen LogP contribution in [0.5, 0.6) is 0 Å². The Bertz CT molecular complexity index is 338. The molecule has 1 aliphatic rings. The molecule has 0 saturated carbocycles. The highest BCUT2D eigenvalue weighted by Gasteiger charge is 2.25. The van der Waals surface area contributed by atoms with Gasteiger partial charge in [-0.2, -0.15) is 0 Å². The minimum atomic E-state index is 0. The Hall–Kier alpha value is -0.120. The monoisotopic (exact) mass is 331 g/mol. The zero-order valence-corrected chi connectivity index (χ0v) is 11.8. The standard InChI is InChI=1S/C12H14BrN.BrH/c1-2-9-14(13)12-8-7-10-5-3-4-6-11(10)12;/h2-6,12H,1,7-9H2;1H/t12-;/m1./s1. The van der Waals surface area contributed by atoms with Crippen molar-refractivity contribution in [3.63, 3.8) is 0 Å². The molecule has 15 heavy (non-hydrogen) atoms. The van der Waals surface area contributed by atoms with Crippen LogP contribution in [0, 0.1) is 0 Å². The van der Waals surface area contributed by atoms with Crippen molar-refractivity contribution in [3.05, 3.63) is 48.0 Å². The summed E-state index contributed by atoms with van der Waals surface area (Å²) in [5.41, 5.74) is 2.96. The van der Waals surface area contributed by atoms with Crippen LogP contribution in [0.25, 0.3) is 0 Å². The molecule has 0 amide bonds. The Kier molecular flexibility index (Phi) is 5.03. The molecule has 0 unspecified atom stereocenters. The van der Waals surface area contributed by atoms with E-state index in [1.54, 1.807) is 0 Å². The first-order valence-corrected chi connectivity index (χ1v) is 5.65. The van der Waals surface area contributed by atoms with E-state index in [0.717, 1.165) is 6.54 Å². The van der Waals surface area contributed by atoms with Crippen molar-refractivity contribution in [3.8, 4) is 0 Å². The van der Waals surface area contributed by atoms with Crippen LogP contribution < -0.4 is 0 Å². The summed E-state index contributed by atoms with van der Waals surface area (Å²) in [6.45, 7) is 4.64. The van der Waals surface area contributed by atoms with Gasteiger partial charge >= 0.3 is 0 Å². The van der Waals surface area contributed by atoms with Gasteiger partial charge in [0.15, 0.2) is 0 Å². The number of rotatable bonds is 3. The van der Waals surface area contributed by atoms with Gasteiger partial charge in [-0.15, -0.1) is 23.6 Å². The van der Waals surface area contributed by atoms with E-state index in [1.165, 1.54) is 24.0 Å². The lowest BCUT2D eigenvalue weighted by Gasteiger charge is -2.20. The van der Waals surface area contributed by atoms with Gasteiger partial charge in [0, 0.05) is 28.7 Å². The van der Waals surface area contributed by atoms with Crippen molar-refractivity contribution in [1.29, 1.82) is 0 Å². The van der Waals surface area contributed by atoms with Crippen molar-refractivity contribution >= 4 is 33.1 Å². The summed E-state index contributed by atoms with van der Waals surface area (Å²) in [7, 11) is 0. The van der Waals surface area contributed by atoms with Crippen LogP contribution in [0.3, 0.4) is 0 Å². The lowest BCUT2D eigenvalue weighted by atomic mass is 10.1. The molecule has 0 aromatic heterocycles. The van der Waals surface area contributed by atoms with Gasteiger partial charge in [0.1, 0.15) is 0 Å². The molecule has 0 spiro atoms. The predicted molar refractivity (Wildman–Crippen MR) is 73.7 cm³/mol. The molecule has 0 saturated heterocycles. The van der Waals surface area contributed by atoms with Crippen molar-refractivity contribution in [2.45, 2.75) is 18.9 Å². The molecule has 0 aliphatic heterocycles. The number of halogens is 2. The SMILES string of the molecule is Br.C=CCN(Br)[C@@H]1CCc2ccccc21. The van der Waals surface area contributed by atoms with E-state index in [4.69, 9.17) is 0 Å². The molecule has 1 nitrogen and oxygen atoms in total. The van der Waals surface area contributed by atoms with Crippen molar-refractivity contribution < 1.29 is 0 Å². The zero-order valence-electron chi connectivity index (χ0n) is 8.53. The average molecular weight is 333 g/mol. The quantitative estimate of drug-likeness (QED) is 0.596. The Morgan fingerprint density at radius 2 is 2.20 bits per heavy atom. The Morgan fingerprint density at radius 3 is 2.93 bits per heavy atom. The molecule has 1 aromatic rings. The highest BCUT2D eigenvalue weighted by molar-refractivity contribution is 9.07. The van der Waals surface area contributed by atoms with Crippen molar-refractivity contribution in [2.75, 3.05) is 6.54 Å². The fourth-order valence-electron chi connectivity index (χ4n) is 2.08. The molecular weight excluding hydrogens is 318 g/mol. The predicted octanol–water partition coefficient (Wildman–Crippen LogP) is 4.05. The molecule has 0 fully saturated rings. The molecule has 0 bridgehead atoms. The van der Waals surface area contributed by atoms with Crippen molar-refractivity contribution in [1.82, 2.24) is 3.93 Å². The number of fused-ring (bicyclic) bond motifs is 1. The van der Waals surface area contributed by atoms with Gasteiger partial charge in [-0.1, -0.05) is 30.3 Å². The van der Waals surface area contributed by atoms with Gasteiger partial charge < -0.3 is 0 Å². The van der Waals surface area contributed by atoms with Crippen LogP contribution >= 0.6 is 33.1 Å². The van der Waals surface area contributed by atoms with E-state index in [1.807, 2.05) is 6.08 Å². The first-order chi connectivity index (χ1) is 6.83. The molecular formula is C12H15Br2N. The first-order valence-electron chi connectivity index (χ1n) is 4.94.